The minimum Gasteiger partial charge on any atom is -0.378 e. The van der Waals surface area contributed by atoms with E-state index in [4.69, 9.17) is 9.72 Å². The average molecular weight is 440 g/mol. The summed E-state index contributed by atoms with van der Waals surface area (Å²) in [5.74, 6) is 0.461. The van der Waals surface area contributed by atoms with Crippen molar-refractivity contribution in [3.63, 3.8) is 0 Å². The molecule has 0 bridgehead atoms. The van der Waals surface area contributed by atoms with Crippen LogP contribution in [-0.4, -0.2) is 50.3 Å². The van der Waals surface area contributed by atoms with Crippen LogP contribution in [0.15, 0.2) is 24.5 Å². The van der Waals surface area contributed by atoms with Crippen LogP contribution in [0, 0.1) is 13.8 Å². The molecule has 3 aromatic heterocycles. The van der Waals surface area contributed by atoms with Crippen molar-refractivity contribution in [1.29, 1.82) is 0 Å². The first-order valence-electron chi connectivity index (χ1n) is 10.8. The molecule has 3 aromatic rings. The summed E-state index contributed by atoms with van der Waals surface area (Å²) in [5.41, 5.74) is 3.20. The topological polar surface area (TPSA) is 73.1 Å². The number of piperidine rings is 1. The molecule has 0 N–H and O–H groups in total. The molecule has 0 aromatic carbocycles. The highest BCUT2D eigenvalue weighted by Crippen LogP contribution is 2.30. The molecule has 1 saturated heterocycles. The number of hydrogen-bond acceptors (Lipinski definition) is 6. The number of nitrogens with zero attached hydrogens (tertiary/aromatic N) is 5. The molecule has 0 saturated carbocycles. The van der Waals surface area contributed by atoms with Gasteiger partial charge in [-0.2, -0.15) is 9.78 Å². The maximum absolute atomic E-state index is 13.4. The summed E-state index contributed by atoms with van der Waals surface area (Å²) < 4.78 is 7.07. The number of aryl methyl sites for hydroxylation is 2. The van der Waals surface area contributed by atoms with Gasteiger partial charge in [0, 0.05) is 41.2 Å². The minimum atomic E-state index is 0.0188. The molecule has 0 aliphatic carbocycles. The third kappa shape index (κ3) is 4.27. The van der Waals surface area contributed by atoms with Crippen molar-refractivity contribution in [2.75, 3.05) is 13.7 Å². The van der Waals surface area contributed by atoms with Gasteiger partial charge in [0.1, 0.15) is 0 Å². The van der Waals surface area contributed by atoms with Gasteiger partial charge in [-0.3, -0.25) is 4.79 Å². The number of rotatable bonds is 6. The van der Waals surface area contributed by atoms with Gasteiger partial charge < -0.3 is 9.64 Å². The van der Waals surface area contributed by atoms with Crippen LogP contribution in [-0.2, 0) is 11.3 Å². The highest BCUT2D eigenvalue weighted by atomic mass is 32.1. The Hall–Kier alpha value is -2.58. The zero-order valence-electron chi connectivity index (χ0n) is 18.6. The van der Waals surface area contributed by atoms with E-state index in [-0.39, 0.29) is 18.6 Å². The summed E-state index contributed by atoms with van der Waals surface area (Å²) in [4.78, 5) is 27.1. The summed E-state index contributed by atoms with van der Waals surface area (Å²) >= 11 is 1.75. The zero-order valence-corrected chi connectivity index (χ0v) is 19.4. The van der Waals surface area contributed by atoms with Crippen molar-refractivity contribution < 1.29 is 9.53 Å². The van der Waals surface area contributed by atoms with Gasteiger partial charge in [0.05, 0.1) is 29.8 Å². The van der Waals surface area contributed by atoms with Crippen LogP contribution in [0.4, 0.5) is 0 Å². The normalized spacial score (nSPS) is 16.6. The van der Waals surface area contributed by atoms with E-state index in [1.165, 1.54) is 16.2 Å². The smallest absolute Gasteiger partial charge is 0.257 e. The lowest BCUT2D eigenvalue weighted by Gasteiger charge is -2.35. The first-order chi connectivity index (χ1) is 15.0. The van der Waals surface area contributed by atoms with Crippen LogP contribution >= 0.6 is 11.3 Å². The van der Waals surface area contributed by atoms with Crippen LogP contribution in [0.3, 0.4) is 0 Å². The second-order valence-electron chi connectivity index (χ2n) is 7.97. The van der Waals surface area contributed by atoms with E-state index in [1.807, 2.05) is 11.0 Å². The fraction of sp³-hybridized carbons (Fsp3) is 0.478. The van der Waals surface area contributed by atoms with Gasteiger partial charge in [0.2, 0.25) is 0 Å². The molecule has 7 nitrogen and oxygen atoms in total. The Bertz CT molecular complexity index is 1070. The van der Waals surface area contributed by atoms with Gasteiger partial charge in [0.25, 0.3) is 11.9 Å². The Kier molecular flexibility index (Phi) is 6.48. The monoisotopic (exact) mass is 439 g/mol. The highest BCUT2D eigenvalue weighted by molar-refractivity contribution is 7.12. The number of carbonyl (C=O) groups is 1. The second-order valence-corrected chi connectivity index (χ2v) is 9.44. The quantitative estimate of drug-likeness (QED) is 0.563. The van der Waals surface area contributed by atoms with E-state index in [2.05, 4.69) is 36.9 Å². The predicted octanol–water partition coefficient (Wildman–Crippen LogP) is 4.56. The van der Waals surface area contributed by atoms with Crippen LogP contribution < -0.4 is 0 Å². The number of hydrogen-bond donors (Lipinski definition) is 0. The Morgan fingerprint density at radius 2 is 2.16 bits per heavy atom. The summed E-state index contributed by atoms with van der Waals surface area (Å²) in [6, 6.07) is 4.33. The second kappa shape index (κ2) is 9.28. The first-order valence-corrected chi connectivity index (χ1v) is 11.6. The molecule has 1 aliphatic rings. The van der Waals surface area contributed by atoms with Crippen LogP contribution in [0.2, 0.25) is 0 Å². The fourth-order valence-electron chi connectivity index (χ4n) is 4.33. The van der Waals surface area contributed by atoms with E-state index in [1.54, 1.807) is 35.5 Å². The van der Waals surface area contributed by atoms with Crippen LogP contribution in [0.25, 0.3) is 17.2 Å². The van der Waals surface area contributed by atoms with Crippen molar-refractivity contribution in [3.05, 3.63) is 45.5 Å². The number of amides is 1. The van der Waals surface area contributed by atoms with Crippen molar-refractivity contribution in [2.45, 2.75) is 59.1 Å². The average Bonchev–Trinajstić information content (AvgIpc) is 3.36. The van der Waals surface area contributed by atoms with Crippen LogP contribution in [0.1, 0.15) is 58.4 Å². The van der Waals surface area contributed by atoms with E-state index in [0.717, 1.165) is 37.1 Å². The van der Waals surface area contributed by atoms with Gasteiger partial charge in [-0.15, -0.1) is 11.3 Å². The van der Waals surface area contributed by atoms with Gasteiger partial charge >= 0.3 is 0 Å². The largest absolute Gasteiger partial charge is 0.378 e. The SMILES string of the molecule is CC[C@H]1CCCCN1C(=O)c1cnn(-c2nccc(-c3cc(C)sc3C)n2)c1COC. The van der Waals surface area contributed by atoms with E-state index in [9.17, 15) is 4.79 Å². The summed E-state index contributed by atoms with van der Waals surface area (Å²) in [6.45, 7) is 7.38. The third-order valence-corrected chi connectivity index (χ3v) is 6.85. The zero-order chi connectivity index (χ0) is 22.0. The lowest BCUT2D eigenvalue weighted by molar-refractivity contribution is 0.0603. The van der Waals surface area contributed by atoms with Crippen molar-refractivity contribution in [3.8, 4) is 17.2 Å². The Labute approximate surface area is 187 Å². The standard InChI is InChI=1S/C23H29N5O2S/c1-5-17-8-6-7-11-27(17)22(29)19-13-25-28(21(19)14-30-4)23-24-10-9-20(26-23)18-12-15(2)31-16(18)3/h9-10,12-13,17H,5-8,11,14H2,1-4H3/t17-/m0/s1. The molecule has 1 fully saturated rings. The molecule has 4 rings (SSSR count). The molecule has 0 spiro atoms. The molecule has 164 valence electrons. The molecule has 1 aliphatic heterocycles. The van der Waals surface area contributed by atoms with E-state index in [0.29, 0.717) is 17.2 Å². The fourth-order valence-corrected chi connectivity index (χ4v) is 5.27. The minimum absolute atomic E-state index is 0.0188. The van der Waals surface area contributed by atoms with Gasteiger partial charge in [-0.05, 0) is 51.7 Å². The Morgan fingerprint density at radius 1 is 1.32 bits per heavy atom. The Balaban J connectivity index is 1.72. The maximum Gasteiger partial charge on any atom is 0.257 e. The number of likely N-dealkylation sites (tertiary alicyclic amines) is 1. The number of aromatic nitrogens is 4. The molecular weight excluding hydrogens is 410 g/mol. The molecule has 8 heteroatoms. The van der Waals surface area contributed by atoms with Gasteiger partial charge in [-0.25, -0.2) is 9.97 Å². The maximum atomic E-state index is 13.4. The molecule has 0 radical (unpaired) electrons. The van der Waals surface area contributed by atoms with Crippen molar-refractivity contribution >= 4 is 17.2 Å². The number of carbonyl (C=O) groups excluding carboxylic acids is 1. The van der Waals surface area contributed by atoms with Crippen LogP contribution in [0.5, 0.6) is 0 Å². The predicted molar refractivity (Wildman–Crippen MR) is 122 cm³/mol. The summed E-state index contributed by atoms with van der Waals surface area (Å²) in [6.07, 6.45) is 7.61. The molecular formula is C23H29N5O2S. The number of thiophene rings is 1. The number of ether oxygens (including phenoxy) is 1. The molecule has 1 atom stereocenters. The van der Waals surface area contributed by atoms with E-state index < -0.39 is 0 Å². The lowest BCUT2D eigenvalue weighted by atomic mass is 9.99. The molecule has 4 heterocycles. The molecule has 0 unspecified atom stereocenters. The first kappa shape index (κ1) is 21.6. The van der Waals surface area contributed by atoms with Gasteiger partial charge in [-0.1, -0.05) is 6.92 Å². The van der Waals surface area contributed by atoms with E-state index >= 15 is 0 Å². The van der Waals surface area contributed by atoms with Gasteiger partial charge in [0.15, 0.2) is 0 Å². The summed E-state index contributed by atoms with van der Waals surface area (Å²) in [5, 5.41) is 4.50. The summed E-state index contributed by atoms with van der Waals surface area (Å²) in [7, 11) is 1.62. The third-order valence-electron chi connectivity index (χ3n) is 5.89. The number of methoxy groups -OCH3 is 1. The van der Waals surface area contributed by atoms with Crippen molar-refractivity contribution in [2.24, 2.45) is 0 Å². The Morgan fingerprint density at radius 3 is 2.87 bits per heavy atom. The molecule has 31 heavy (non-hydrogen) atoms. The van der Waals surface area contributed by atoms with Crippen molar-refractivity contribution in [1.82, 2.24) is 24.6 Å². The lowest BCUT2D eigenvalue weighted by Crippen LogP contribution is -2.43. The highest BCUT2D eigenvalue weighted by Gasteiger charge is 2.30. The molecule has 1 amide bonds.